The van der Waals surface area contributed by atoms with Crippen molar-refractivity contribution in [2.75, 3.05) is 6.54 Å². The summed E-state index contributed by atoms with van der Waals surface area (Å²) in [6.45, 7) is 6.96. The van der Waals surface area contributed by atoms with Gasteiger partial charge in [0.25, 0.3) is 0 Å². The van der Waals surface area contributed by atoms with E-state index in [4.69, 9.17) is 4.42 Å². The first kappa shape index (κ1) is 14.6. The number of hydrogen-bond donors (Lipinski definition) is 2. The van der Waals surface area contributed by atoms with E-state index in [0.717, 1.165) is 19.4 Å². The van der Waals surface area contributed by atoms with E-state index in [-0.39, 0.29) is 10.9 Å². The number of nitrogens with one attached hydrogen (secondary N) is 2. The van der Waals surface area contributed by atoms with Gasteiger partial charge in [0.2, 0.25) is 10.0 Å². The van der Waals surface area contributed by atoms with Crippen molar-refractivity contribution in [3.8, 4) is 0 Å². The Kier molecular flexibility index (Phi) is 4.32. The third kappa shape index (κ3) is 3.58. The van der Waals surface area contributed by atoms with Crippen molar-refractivity contribution < 1.29 is 12.8 Å². The molecule has 19 heavy (non-hydrogen) atoms. The van der Waals surface area contributed by atoms with Crippen molar-refractivity contribution in [3.05, 3.63) is 17.6 Å². The van der Waals surface area contributed by atoms with Crippen molar-refractivity contribution in [3.63, 3.8) is 0 Å². The standard InChI is InChI=1S/C13H22N2O3S/c1-4-14-8-12-7-13(10(3)18-12)19(16,17)15-9(2)11-5-6-11/h7,9,11,14-15H,4-6,8H2,1-3H3. The molecule has 5 nitrogen and oxygen atoms in total. The second kappa shape index (κ2) is 5.64. The minimum atomic E-state index is -3.47. The first-order valence-corrected chi connectivity index (χ1v) is 8.24. The zero-order valence-electron chi connectivity index (χ0n) is 11.7. The zero-order chi connectivity index (χ0) is 14.0. The minimum absolute atomic E-state index is 0.00323. The number of hydrogen-bond acceptors (Lipinski definition) is 4. The van der Waals surface area contributed by atoms with Crippen molar-refractivity contribution in [2.24, 2.45) is 5.92 Å². The molecule has 1 atom stereocenters. The first-order chi connectivity index (χ1) is 8.94. The predicted octanol–water partition coefficient (Wildman–Crippen LogP) is 1.77. The van der Waals surface area contributed by atoms with E-state index in [1.807, 2.05) is 13.8 Å². The molecule has 6 heteroatoms. The molecular weight excluding hydrogens is 264 g/mol. The van der Waals surface area contributed by atoms with E-state index in [1.165, 1.54) is 0 Å². The van der Waals surface area contributed by atoms with Crippen molar-refractivity contribution in [1.29, 1.82) is 0 Å². The van der Waals surface area contributed by atoms with Crippen LogP contribution >= 0.6 is 0 Å². The topological polar surface area (TPSA) is 71.3 Å². The van der Waals surface area contributed by atoms with Crippen molar-refractivity contribution in [2.45, 2.75) is 51.1 Å². The Morgan fingerprint density at radius 1 is 1.47 bits per heavy atom. The molecule has 108 valence electrons. The molecule has 0 radical (unpaired) electrons. The molecular formula is C13H22N2O3S. The lowest BCUT2D eigenvalue weighted by Crippen LogP contribution is -2.34. The van der Waals surface area contributed by atoms with Crippen LogP contribution in [0.25, 0.3) is 0 Å². The third-order valence-electron chi connectivity index (χ3n) is 3.43. The lowest BCUT2D eigenvalue weighted by atomic mass is 10.2. The monoisotopic (exact) mass is 286 g/mol. The van der Waals surface area contributed by atoms with Gasteiger partial charge in [-0.25, -0.2) is 13.1 Å². The van der Waals surface area contributed by atoms with Crippen LogP contribution in [0.3, 0.4) is 0 Å². The average Bonchev–Trinajstić information content (AvgIpc) is 3.10. The second-order valence-corrected chi connectivity index (χ2v) is 6.84. The quantitative estimate of drug-likeness (QED) is 0.801. The number of aryl methyl sites for hydroxylation is 1. The van der Waals surface area contributed by atoms with Crippen LogP contribution in [0.2, 0.25) is 0 Å². The Hall–Kier alpha value is -0.850. The Balaban J connectivity index is 2.12. The van der Waals surface area contributed by atoms with Gasteiger partial charge in [0, 0.05) is 12.1 Å². The van der Waals surface area contributed by atoms with E-state index in [1.54, 1.807) is 13.0 Å². The van der Waals surface area contributed by atoms with Gasteiger partial charge in [-0.2, -0.15) is 0 Å². The lowest BCUT2D eigenvalue weighted by Gasteiger charge is -2.12. The highest BCUT2D eigenvalue weighted by molar-refractivity contribution is 7.89. The Morgan fingerprint density at radius 2 is 2.16 bits per heavy atom. The van der Waals surface area contributed by atoms with Crippen LogP contribution in [-0.4, -0.2) is 21.0 Å². The number of sulfonamides is 1. The molecule has 0 spiro atoms. The van der Waals surface area contributed by atoms with Gasteiger partial charge in [-0.3, -0.25) is 0 Å². The summed E-state index contributed by atoms with van der Waals surface area (Å²) in [5.74, 6) is 1.59. The van der Waals surface area contributed by atoms with Crippen LogP contribution in [0, 0.1) is 12.8 Å². The third-order valence-corrected chi connectivity index (χ3v) is 5.10. The highest BCUT2D eigenvalue weighted by Crippen LogP contribution is 2.33. The van der Waals surface area contributed by atoms with Crippen LogP contribution in [0.5, 0.6) is 0 Å². The molecule has 1 heterocycles. The average molecular weight is 286 g/mol. The second-order valence-electron chi connectivity index (χ2n) is 5.16. The summed E-state index contributed by atoms with van der Waals surface area (Å²) in [7, 11) is -3.47. The van der Waals surface area contributed by atoms with E-state index in [2.05, 4.69) is 10.0 Å². The molecule has 1 aliphatic carbocycles. The van der Waals surface area contributed by atoms with Crippen molar-refractivity contribution >= 4 is 10.0 Å². The number of rotatable bonds is 7. The fourth-order valence-electron chi connectivity index (χ4n) is 2.13. The fraction of sp³-hybridized carbons (Fsp3) is 0.692. The van der Waals surface area contributed by atoms with Gasteiger partial charge in [-0.05, 0) is 39.2 Å². The Bertz CT molecular complexity index is 532. The maximum absolute atomic E-state index is 12.3. The predicted molar refractivity (Wildman–Crippen MR) is 73.3 cm³/mol. The Labute approximate surface area is 114 Å². The normalized spacial score (nSPS) is 17.6. The summed E-state index contributed by atoms with van der Waals surface area (Å²) in [6.07, 6.45) is 2.22. The highest BCUT2D eigenvalue weighted by atomic mass is 32.2. The molecule has 0 bridgehead atoms. The molecule has 2 rings (SSSR count). The molecule has 0 saturated heterocycles. The summed E-state index contributed by atoms with van der Waals surface area (Å²) >= 11 is 0. The van der Waals surface area contributed by atoms with Crippen LogP contribution < -0.4 is 10.0 Å². The lowest BCUT2D eigenvalue weighted by molar-refractivity contribution is 0.459. The van der Waals surface area contributed by atoms with E-state index < -0.39 is 10.0 Å². The van der Waals surface area contributed by atoms with E-state index in [9.17, 15) is 8.42 Å². The van der Waals surface area contributed by atoms with E-state index in [0.29, 0.717) is 24.0 Å². The van der Waals surface area contributed by atoms with Gasteiger partial charge in [0.05, 0.1) is 6.54 Å². The molecule has 1 unspecified atom stereocenters. The van der Waals surface area contributed by atoms with E-state index >= 15 is 0 Å². The van der Waals surface area contributed by atoms with Crippen LogP contribution in [0.1, 0.15) is 38.2 Å². The Morgan fingerprint density at radius 3 is 2.74 bits per heavy atom. The van der Waals surface area contributed by atoms with Gasteiger partial charge >= 0.3 is 0 Å². The molecule has 1 aromatic rings. The molecule has 1 aliphatic rings. The van der Waals surface area contributed by atoms with Gasteiger partial charge in [0.1, 0.15) is 16.4 Å². The van der Waals surface area contributed by atoms with Crippen LogP contribution in [0.15, 0.2) is 15.4 Å². The smallest absolute Gasteiger partial charge is 0.244 e. The molecule has 0 amide bonds. The number of furan rings is 1. The molecule has 1 saturated carbocycles. The maximum atomic E-state index is 12.3. The zero-order valence-corrected chi connectivity index (χ0v) is 12.5. The van der Waals surface area contributed by atoms with Gasteiger partial charge in [-0.15, -0.1) is 0 Å². The van der Waals surface area contributed by atoms with Crippen molar-refractivity contribution in [1.82, 2.24) is 10.0 Å². The summed E-state index contributed by atoms with van der Waals surface area (Å²) in [5.41, 5.74) is 0. The van der Waals surface area contributed by atoms with Crippen LogP contribution in [0.4, 0.5) is 0 Å². The van der Waals surface area contributed by atoms with Crippen LogP contribution in [-0.2, 0) is 16.6 Å². The summed E-state index contributed by atoms with van der Waals surface area (Å²) in [6, 6.07) is 1.61. The summed E-state index contributed by atoms with van der Waals surface area (Å²) < 4.78 is 32.8. The largest absolute Gasteiger partial charge is 0.464 e. The first-order valence-electron chi connectivity index (χ1n) is 6.76. The molecule has 2 N–H and O–H groups in total. The van der Waals surface area contributed by atoms with Gasteiger partial charge < -0.3 is 9.73 Å². The summed E-state index contributed by atoms with van der Waals surface area (Å²) in [5, 5.41) is 3.12. The minimum Gasteiger partial charge on any atom is -0.464 e. The fourth-order valence-corrected chi connectivity index (χ4v) is 3.64. The molecule has 1 fully saturated rings. The molecule has 1 aromatic heterocycles. The van der Waals surface area contributed by atoms with Gasteiger partial charge in [0.15, 0.2) is 0 Å². The highest BCUT2D eigenvalue weighted by Gasteiger charge is 2.32. The summed E-state index contributed by atoms with van der Waals surface area (Å²) in [4.78, 5) is 0.257. The maximum Gasteiger partial charge on any atom is 0.244 e. The SMILES string of the molecule is CCNCc1cc(S(=O)(=O)NC(C)C2CC2)c(C)o1. The van der Waals surface area contributed by atoms with Gasteiger partial charge in [-0.1, -0.05) is 6.92 Å². The molecule has 0 aromatic carbocycles. The molecule has 0 aliphatic heterocycles.